The molecule has 0 aliphatic carbocycles. The first kappa shape index (κ1) is 25.6. The van der Waals surface area contributed by atoms with Crippen molar-refractivity contribution in [3.05, 3.63) is 53.9 Å². The molecular weight excluding hydrogens is 420 g/mol. The molecule has 1 aromatic carbocycles. The van der Waals surface area contributed by atoms with Crippen molar-refractivity contribution in [1.82, 2.24) is 10.2 Å². The number of nitrogens with one attached hydrogen (secondary N) is 2. The fraction of sp³-hybridized carbons (Fsp3) is 0.400. The van der Waals surface area contributed by atoms with Crippen molar-refractivity contribution >= 4 is 38.7 Å². The number of amidine groups is 1. The molecule has 0 fully saturated rings. The topological polar surface area (TPSA) is 126 Å². The number of allylic oxidation sites excluding steroid dienone is 1. The minimum Gasteiger partial charge on any atom is -0.399 e. The molecule has 0 aromatic heterocycles. The molecule has 6 N–H and O–H groups in total. The Morgan fingerprint density at radius 1 is 1.27 bits per heavy atom. The number of sulfone groups is 1. The molecule has 0 unspecified atom stereocenters. The number of likely N-dealkylation sites (N-methyl/N-ethyl adjacent to an activating group) is 1. The summed E-state index contributed by atoms with van der Waals surface area (Å²) in [5.74, 6) is 0.164. The zero-order valence-electron chi connectivity index (χ0n) is 18.2. The highest BCUT2D eigenvalue weighted by Gasteiger charge is 2.35. The first-order valence-electron chi connectivity index (χ1n) is 9.24. The molecule has 10 heteroatoms. The molecule has 0 bridgehead atoms. The van der Waals surface area contributed by atoms with E-state index in [1.165, 1.54) is 6.08 Å². The van der Waals surface area contributed by atoms with E-state index in [0.29, 0.717) is 10.7 Å². The Kier molecular flexibility index (Phi) is 9.01. The van der Waals surface area contributed by atoms with Gasteiger partial charge in [0.1, 0.15) is 10.6 Å². The number of hydrogen-bond acceptors (Lipinski definition) is 6. The lowest BCUT2D eigenvalue weighted by Crippen LogP contribution is -2.34. The van der Waals surface area contributed by atoms with Crippen LogP contribution in [0.2, 0.25) is 0 Å². The Balaban J connectivity index is 3.01. The zero-order valence-corrected chi connectivity index (χ0v) is 19.8. The fourth-order valence-corrected chi connectivity index (χ4v) is 2.90. The summed E-state index contributed by atoms with van der Waals surface area (Å²) in [6.07, 6.45) is 2.56. The number of nitrogens with two attached hydrogens (primary N) is 2. The third-order valence-corrected chi connectivity index (χ3v) is 6.70. The average Bonchev–Trinajstić information content (AvgIpc) is 2.60. The minimum absolute atomic E-state index is 0.164. The first-order chi connectivity index (χ1) is 13.7. The molecule has 30 heavy (non-hydrogen) atoms. The molecular formula is C20H32N6O2S2. The molecule has 0 saturated carbocycles. The lowest BCUT2D eigenvalue weighted by atomic mass is 10.1. The van der Waals surface area contributed by atoms with Crippen LogP contribution >= 0.6 is 12.2 Å². The van der Waals surface area contributed by atoms with E-state index in [0.717, 1.165) is 25.0 Å². The monoisotopic (exact) mass is 452 g/mol. The van der Waals surface area contributed by atoms with E-state index in [4.69, 9.17) is 23.7 Å². The van der Waals surface area contributed by atoms with Gasteiger partial charge >= 0.3 is 0 Å². The highest BCUT2D eigenvalue weighted by atomic mass is 32.2. The van der Waals surface area contributed by atoms with Gasteiger partial charge in [-0.2, -0.15) is 0 Å². The van der Waals surface area contributed by atoms with Crippen molar-refractivity contribution in [3.63, 3.8) is 0 Å². The van der Waals surface area contributed by atoms with Gasteiger partial charge in [0.05, 0.1) is 5.70 Å². The molecule has 1 rings (SSSR count). The Morgan fingerprint density at radius 2 is 1.83 bits per heavy atom. The van der Waals surface area contributed by atoms with E-state index < -0.39 is 14.6 Å². The van der Waals surface area contributed by atoms with Gasteiger partial charge in [-0.3, -0.25) is 0 Å². The Bertz CT molecular complexity index is 933. The molecule has 0 heterocycles. The summed E-state index contributed by atoms with van der Waals surface area (Å²) in [7, 11) is 0.510. The summed E-state index contributed by atoms with van der Waals surface area (Å²) < 4.78 is 23.1. The van der Waals surface area contributed by atoms with Crippen LogP contribution < -0.4 is 22.1 Å². The maximum atomic E-state index is 12.2. The van der Waals surface area contributed by atoms with E-state index in [-0.39, 0.29) is 17.2 Å². The molecule has 0 radical (unpaired) electrons. The van der Waals surface area contributed by atoms with E-state index in [2.05, 4.69) is 27.1 Å². The van der Waals surface area contributed by atoms with Gasteiger partial charge in [0.2, 0.25) is 0 Å². The van der Waals surface area contributed by atoms with Crippen LogP contribution in [0.15, 0.2) is 53.3 Å². The molecule has 0 aliphatic heterocycles. The van der Waals surface area contributed by atoms with Gasteiger partial charge in [-0.25, -0.2) is 13.4 Å². The number of rotatable bonds is 9. The predicted octanol–water partition coefficient (Wildman–Crippen LogP) is 1.42. The smallest absolute Gasteiger partial charge is 0.170 e. The van der Waals surface area contributed by atoms with Crippen LogP contribution in [-0.4, -0.2) is 62.5 Å². The molecule has 0 saturated heterocycles. The van der Waals surface area contributed by atoms with Crippen LogP contribution in [0.5, 0.6) is 0 Å². The van der Waals surface area contributed by atoms with Crippen molar-refractivity contribution in [2.45, 2.75) is 18.6 Å². The highest BCUT2D eigenvalue weighted by molar-refractivity contribution is 7.92. The Labute approximate surface area is 185 Å². The van der Waals surface area contributed by atoms with Crippen molar-refractivity contribution in [3.8, 4) is 0 Å². The number of nitrogens with zero attached hydrogens (tertiary/aromatic N) is 2. The second-order valence-corrected chi connectivity index (χ2v) is 10.6. The van der Waals surface area contributed by atoms with Gasteiger partial charge in [-0.1, -0.05) is 6.58 Å². The molecule has 0 amide bonds. The number of anilines is 1. The second-order valence-electron chi connectivity index (χ2n) is 7.65. The quantitative estimate of drug-likeness (QED) is 0.192. The highest BCUT2D eigenvalue weighted by Crippen LogP contribution is 2.27. The largest absolute Gasteiger partial charge is 0.399 e. The van der Waals surface area contributed by atoms with Crippen molar-refractivity contribution in [2.24, 2.45) is 16.5 Å². The lowest BCUT2D eigenvalue weighted by Gasteiger charge is -2.23. The van der Waals surface area contributed by atoms with Gasteiger partial charge in [-0.05, 0) is 70.5 Å². The van der Waals surface area contributed by atoms with E-state index in [9.17, 15) is 8.42 Å². The third-order valence-electron chi connectivity index (χ3n) is 4.39. The molecule has 0 atom stereocenters. The Morgan fingerprint density at radius 3 is 2.30 bits per heavy atom. The van der Waals surface area contributed by atoms with Crippen molar-refractivity contribution < 1.29 is 8.42 Å². The summed E-state index contributed by atoms with van der Waals surface area (Å²) in [5.41, 5.74) is 13.6. The summed E-state index contributed by atoms with van der Waals surface area (Å²) in [4.78, 5) is 6.40. The molecule has 0 spiro atoms. The van der Waals surface area contributed by atoms with E-state index >= 15 is 0 Å². The fourth-order valence-electron chi connectivity index (χ4n) is 2.19. The number of thiocarbonyl (C=S) groups is 1. The van der Waals surface area contributed by atoms with Gasteiger partial charge in [-0.15, -0.1) is 0 Å². The summed E-state index contributed by atoms with van der Waals surface area (Å²) in [6, 6.07) is 7.16. The molecule has 8 nitrogen and oxygen atoms in total. The van der Waals surface area contributed by atoms with E-state index in [1.807, 2.05) is 26.2 Å². The molecule has 166 valence electrons. The third kappa shape index (κ3) is 7.77. The van der Waals surface area contributed by atoms with Crippen LogP contribution in [0.3, 0.4) is 0 Å². The van der Waals surface area contributed by atoms with Gasteiger partial charge < -0.3 is 27.0 Å². The predicted molar refractivity (Wildman–Crippen MR) is 130 cm³/mol. The van der Waals surface area contributed by atoms with E-state index in [1.54, 1.807) is 26.0 Å². The Hall–Kier alpha value is -2.43. The standard InChI is InChI=1S/C20H32N6O2S2/c1-14(21)13-17(20(2,3)30(6,27)28)25-18(22)15-7-9-16(10-8-15)24-19(29)23-11-12-26(4)5/h7-10,13H,1,11-12,21H2,2-6H3,(H2,22,25)(H2,23,24,29)/b17-13-. The van der Waals surface area contributed by atoms with Crippen LogP contribution in [0.25, 0.3) is 0 Å². The SMILES string of the molecule is C=C(N)/C=C(\N=C(/N)c1ccc(NC(=S)NCCN(C)C)cc1)C(C)(C)S(C)(=O)=O. The maximum absolute atomic E-state index is 12.2. The lowest BCUT2D eigenvalue weighted by molar-refractivity contribution is 0.413. The van der Waals surface area contributed by atoms with Crippen LogP contribution in [0, 0.1) is 0 Å². The van der Waals surface area contributed by atoms with Gasteiger partial charge in [0.15, 0.2) is 14.9 Å². The van der Waals surface area contributed by atoms with Crippen molar-refractivity contribution in [2.75, 3.05) is 38.8 Å². The summed E-state index contributed by atoms with van der Waals surface area (Å²) >= 11 is 5.27. The normalized spacial score (nSPS) is 13.3. The number of aliphatic imine (C=N–C) groups is 1. The molecule has 0 aliphatic rings. The average molecular weight is 453 g/mol. The second kappa shape index (κ2) is 10.6. The van der Waals surface area contributed by atoms with Crippen LogP contribution in [0.4, 0.5) is 5.69 Å². The van der Waals surface area contributed by atoms with Crippen LogP contribution in [0.1, 0.15) is 19.4 Å². The van der Waals surface area contributed by atoms with Gasteiger partial charge in [0, 0.05) is 36.3 Å². The minimum atomic E-state index is -3.47. The number of hydrogen-bond donors (Lipinski definition) is 4. The van der Waals surface area contributed by atoms with Gasteiger partial charge in [0.25, 0.3) is 0 Å². The first-order valence-corrected chi connectivity index (χ1v) is 11.5. The van der Waals surface area contributed by atoms with Crippen LogP contribution in [-0.2, 0) is 9.84 Å². The summed E-state index contributed by atoms with van der Waals surface area (Å²) in [5, 5.41) is 6.74. The molecule has 1 aromatic rings. The van der Waals surface area contributed by atoms with Crippen molar-refractivity contribution in [1.29, 1.82) is 0 Å². The zero-order chi connectivity index (χ0) is 23.1. The number of benzene rings is 1. The summed E-state index contributed by atoms with van der Waals surface area (Å²) in [6.45, 7) is 8.30. The maximum Gasteiger partial charge on any atom is 0.170 e.